The fourth-order valence-electron chi connectivity index (χ4n) is 1.40. The lowest BCUT2D eigenvalue weighted by Crippen LogP contribution is -2.34. The topological polar surface area (TPSA) is 73.3 Å². The SMILES string of the molecule is COC[C@@H](C)Oc1nc(SC)cc(C(=O)NCC(F)(F)F)n1. The largest absolute Gasteiger partial charge is 0.458 e. The summed E-state index contributed by atoms with van der Waals surface area (Å²) < 4.78 is 46.6. The van der Waals surface area contributed by atoms with Crippen LogP contribution in [0.1, 0.15) is 17.4 Å². The van der Waals surface area contributed by atoms with E-state index in [1.165, 1.54) is 24.9 Å². The molecule has 1 aromatic heterocycles. The smallest absolute Gasteiger partial charge is 0.405 e. The van der Waals surface area contributed by atoms with Gasteiger partial charge in [-0.2, -0.15) is 23.1 Å². The number of carbonyl (C=O) groups excluding carboxylic acids is 1. The Morgan fingerprint density at radius 2 is 2.14 bits per heavy atom. The maximum Gasteiger partial charge on any atom is 0.405 e. The predicted molar refractivity (Wildman–Crippen MR) is 74.2 cm³/mol. The Morgan fingerprint density at radius 1 is 1.45 bits per heavy atom. The maximum absolute atomic E-state index is 12.1. The molecular formula is C12H16F3N3O3S. The molecule has 0 aliphatic rings. The molecule has 1 rings (SSSR count). The molecule has 0 fully saturated rings. The van der Waals surface area contributed by atoms with E-state index in [1.807, 2.05) is 0 Å². The van der Waals surface area contributed by atoms with Crippen molar-refractivity contribution in [3.8, 4) is 6.01 Å². The third kappa shape index (κ3) is 6.48. The highest BCUT2D eigenvalue weighted by Crippen LogP contribution is 2.18. The van der Waals surface area contributed by atoms with Crippen molar-refractivity contribution >= 4 is 17.7 Å². The standard InChI is InChI=1S/C12H16F3N3O3S/c1-7(5-20-2)21-11-17-8(4-9(18-11)22-3)10(19)16-6-12(13,14)15/h4,7H,5-6H2,1-3H3,(H,16,19)/t7-/m1/s1. The lowest BCUT2D eigenvalue weighted by atomic mass is 10.4. The van der Waals surface area contributed by atoms with Crippen LogP contribution in [0, 0.1) is 0 Å². The van der Waals surface area contributed by atoms with E-state index in [1.54, 1.807) is 18.5 Å². The van der Waals surface area contributed by atoms with Crippen LogP contribution >= 0.6 is 11.8 Å². The first-order valence-electron chi connectivity index (χ1n) is 6.18. The van der Waals surface area contributed by atoms with E-state index in [9.17, 15) is 18.0 Å². The van der Waals surface area contributed by atoms with Crippen molar-refractivity contribution in [3.63, 3.8) is 0 Å². The van der Waals surface area contributed by atoms with Crippen molar-refractivity contribution in [1.29, 1.82) is 0 Å². The second-order valence-corrected chi connectivity index (χ2v) is 5.09. The number of hydrogen-bond acceptors (Lipinski definition) is 6. The zero-order chi connectivity index (χ0) is 16.8. The van der Waals surface area contributed by atoms with E-state index in [4.69, 9.17) is 9.47 Å². The monoisotopic (exact) mass is 339 g/mol. The van der Waals surface area contributed by atoms with Gasteiger partial charge in [0.1, 0.15) is 23.4 Å². The number of hydrogen-bond donors (Lipinski definition) is 1. The second kappa shape index (κ2) is 8.18. The van der Waals surface area contributed by atoms with Crippen molar-refractivity contribution in [3.05, 3.63) is 11.8 Å². The summed E-state index contributed by atoms with van der Waals surface area (Å²) in [5.74, 6) is -0.945. The number of methoxy groups -OCH3 is 1. The number of alkyl halides is 3. The number of carbonyl (C=O) groups is 1. The van der Waals surface area contributed by atoms with Crippen LogP contribution in [-0.4, -0.2) is 54.7 Å². The molecule has 0 bridgehead atoms. The van der Waals surface area contributed by atoms with Gasteiger partial charge >= 0.3 is 12.2 Å². The summed E-state index contributed by atoms with van der Waals surface area (Å²) in [6, 6.07) is 1.21. The molecule has 1 N–H and O–H groups in total. The molecule has 0 aliphatic carbocycles. The normalized spacial score (nSPS) is 12.8. The number of amides is 1. The van der Waals surface area contributed by atoms with Crippen LogP contribution in [-0.2, 0) is 4.74 Å². The molecule has 0 saturated carbocycles. The Labute approximate surface area is 129 Å². The van der Waals surface area contributed by atoms with E-state index in [0.29, 0.717) is 5.03 Å². The molecule has 1 amide bonds. The number of rotatable bonds is 7. The number of thioether (sulfide) groups is 1. The first-order valence-corrected chi connectivity index (χ1v) is 7.41. The van der Waals surface area contributed by atoms with Gasteiger partial charge in [-0.3, -0.25) is 4.79 Å². The molecular weight excluding hydrogens is 323 g/mol. The van der Waals surface area contributed by atoms with E-state index in [2.05, 4.69) is 9.97 Å². The van der Waals surface area contributed by atoms with Gasteiger partial charge in [-0.15, -0.1) is 11.8 Å². The van der Waals surface area contributed by atoms with Gasteiger partial charge in [-0.1, -0.05) is 0 Å². The quantitative estimate of drug-likeness (QED) is 0.604. The van der Waals surface area contributed by atoms with Gasteiger partial charge in [-0.25, -0.2) is 0 Å². The molecule has 10 heteroatoms. The third-order valence-electron chi connectivity index (χ3n) is 2.28. The molecule has 0 radical (unpaired) electrons. The molecule has 6 nitrogen and oxygen atoms in total. The third-order valence-corrected chi connectivity index (χ3v) is 2.91. The molecule has 0 unspecified atom stereocenters. The number of ether oxygens (including phenoxy) is 2. The highest BCUT2D eigenvalue weighted by atomic mass is 32.2. The van der Waals surface area contributed by atoms with E-state index >= 15 is 0 Å². The van der Waals surface area contributed by atoms with Crippen molar-refractivity contribution < 1.29 is 27.4 Å². The minimum atomic E-state index is -4.49. The Hall–Kier alpha value is -1.55. The molecule has 1 aromatic rings. The highest BCUT2D eigenvalue weighted by Gasteiger charge is 2.28. The van der Waals surface area contributed by atoms with Crippen LogP contribution in [0.15, 0.2) is 11.1 Å². The summed E-state index contributed by atoms with van der Waals surface area (Å²) in [4.78, 5) is 19.6. The van der Waals surface area contributed by atoms with Gasteiger partial charge in [0.15, 0.2) is 0 Å². The van der Waals surface area contributed by atoms with Gasteiger partial charge in [0.25, 0.3) is 5.91 Å². The number of nitrogens with zero attached hydrogens (tertiary/aromatic N) is 2. The molecule has 0 spiro atoms. The van der Waals surface area contributed by atoms with Crippen LogP contribution in [0.25, 0.3) is 0 Å². The number of nitrogens with one attached hydrogen (secondary N) is 1. The van der Waals surface area contributed by atoms with E-state index < -0.39 is 18.6 Å². The van der Waals surface area contributed by atoms with Crippen LogP contribution in [0.3, 0.4) is 0 Å². The molecule has 0 aromatic carbocycles. The van der Waals surface area contributed by atoms with Gasteiger partial charge in [0.2, 0.25) is 0 Å². The van der Waals surface area contributed by atoms with Crippen LogP contribution in [0.5, 0.6) is 6.01 Å². The minimum Gasteiger partial charge on any atom is -0.458 e. The lowest BCUT2D eigenvalue weighted by molar-refractivity contribution is -0.123. The van der Waals surface area contributed by atoms with Crippen molar-refractivity contribution in [1.82, 2.24) is 15.3 Å². The summed E-state index contributed by atoms with van der Waals surface area (Å²) in [5.41, 5.74) is -0.191. The van der Waals surface area contributed by atoms with Gasteiger partial charge in [0, 0.05) is 13.2 Å². The average molecular weight is 339 g/mol. The molecule has 1 atom stereocenters. The summed E-state index contributed by atoms with van der Waals surface area (Å²) in [6.45, 7) is 0.561. The molecule has 22 heavy (non-hydrogen) atoms. The number of halogens is 3. The Morgan fingerprint density at radius 3 is 2.68 bits per heavy atom. The Balaban J connectivity index is 2.87. The van der Waals surface area contributed by atoms with E-state index in [-0.39, 0.29) is 24.4 Å². The van der Waals surface area contributed by atoms with E-state index in [0.717, 1.165) is 0 Å². The van der Waals surface area contributed by atoms with Gasteiger partial charge < -0.3 is 14.8 Å². The summed E-state index contributed by atoms with van der Waals surface area (Å²) in [7, 11) is 1.50. The Bertz CT molecular complexity index is 514. The minimum absolute atomic E-state index is 0.0893. The van der Waals surface area contributed by atoms with Crippen LogP contribution < -0.4 is 10.1 Å². The van der Waals surface area contributed by atoms with Crippen LogP contribution in [0.2, 0.25) is 0 Å². The zero-order valence-corrected chi connectivity index (χ0v) is 13.0. The molecule has 0 aliphatic heterocycles. The van der Waals surface area contributed by atoms with Crippen molar-refractivity contribution in [2.24, 2.45) is 0 Å². The maximum atomic E-state index is 12.1. The second-order valence-electron chi connectivity index (χ2n) is 4.26. The first kappa shape index (κ1) is 18.5. The molecule has 0 saturated heterocycles. The van der Waals surface area contributed by atoms with Gasteiger partial charge in [0.05, 0.1) is 6.61 Å². The van der Waals surface area contributed by atoms with Crippen molar-refractivity contribution in [2.45, 2.75) is 24.2 Å². The Kier molecular flexibility index (Phi) is 6.88. The van der Waals surface area contributed by atoms with Gasteiger partial charge in [-0.05, 0) is 13.2 Å². The summed E-state index contributed by atoms with van der Waals surface area (Å²) in [6.07, 6.45) is -3.15. The lowest BCUT2D eigenvalue weighted by Gasteiger charge is -2.13. The fraction of sp³-hybridized carbons (Fsp3) is 0.583. The fourth-order valence-corrected chi connectivity index (χ4v) is 1.80. The average Bonchev–Trinajstić information content (AvgIpc) is 2.43. The number of aromatic nitrogens is 2. The van der Waals surface area contributed by atoms with Crippen molar-refractivity contribution in [2.75, 3.05) is 26.5 Å². The molecule has 1 heterocycles. The summed E-state index contributed by atoms with van der Waals surface area (Å²) in [5, 5.41) is 2.16. The predicted octanol–water partition coefficient (Wildman–Crippen LogP) is 1.90. The zero-order valence-electron chi connectivity index (χ0n) is 12.2. The van der Waals surface area contributed by atoms with Crippen LogP contribution in [0.4, 0.5) is 13.2 Å². The first-order chi connectivity index (χ1) is 10.2. The molecule has 124 valence electrons. The summed E-state index contributed by atoms with van der Waals surface area (Å²) >= 11 is 1.21. The highest BCUT2D eigenvalue weighted by molar-refractivity contribution is 7.98.